The van der Waals surface area contributed by atoms with Gasteiger partial charge in [-0.2, -0.15) is 0 Å². The van der Waals surface area contributed by atoms with Crippen LogP contribution in [0.1, 0.15) is 17.4 Å². The van der Waals surface area contributed by atoms with Crippen LogP contribution in [0.3, 0.4) is 0 Å². The van der Waals surface area contributed by atoms with Gasteiger partial charge < -0.3 is 4.74 Å². The first-order valence-electron chi connectivity index (χ1n) is 7.47. The monoisotopic (exact) mass is 381 g/mol. The number of thiophene rings is 1. The van der Waals surface area contributed by atoms with Crippen LogP contribution in [0.2, 0.25) is 0 Å². The summed E-state index contributed by atoms with van der Waals surface area (Å²) in [5, 5.41) is 2.48. The van der Waals surface area contributed by atoms with Crippen molar-refractivity contribution in [2.45, 2.75) is 37.7 Å². The molecule has 2 rings (SSSR count). The first kappa shape index (κ1) is 19.2. The van der Waals surface area contributed by atoms with Gasteiger partial charge in [0.2, 0.25) is 5.91 Å². The molecule has 9 heteroatoms. The second kappa shape index (κ2) is 7.83. The van der Waals surface area contributed by atoms with Gasteiger partial charge in [-0.1, -0.05) is 17.8 Å². The van der Waals surface area contributed by atoms with Gasteiger partial charge in [0.15, 0.2) is 5.16 Å². The molecule has 0 saturated carbocycles. The first-order chi connectivity index (χ1) is 11.8. The maximum atomic E-state index is 12.8. The number of hydrogen-bond donors (Lipinski definition) is 1. The average Bonchev–Trinajstić information content (AvgIpc) is 2.85. The van der Waals surface area contributed by atoms with Gasteiger partial charge in [0, 0.05) is 11.4 Å². The fourth-order valence-corrected chi connectivity index (χ4v) is 4.14. The lowest BCUT2D eigenvalue weighted by atomic mass is 10.2. The molecule has 2 aromatic heterocycles. The van der Waals surface area contributed by atoms with Crippen molar-refractivity contribution in [2.75, 3.05) is 7.11 Å². The maximum absolute atomic E-state index is 12.8. The molecule has 2 amide bonds. The third-order valence-corrected chi connectivity index (χ3v) is 5.82. The molecular weight excluding hydrogens is 362 g/mol. The van der Waals surface area contributed by atoms with E-state index in [2.05, 4.69) is 21.6 Å². The Kier molecular flexibility index (Phi) is 6.02. The number of thioether (sulfide) groups is 1. The lowest BCUT2D eigenvalue weighted by Crippen LogP contribution is -2.36. The van der Waals surface area contributed by atoms with Gasteiger partial charge in [0.05, 0.1) is 17.7 Å². The first-order valence-corrected chi connectivity index (χ1v) is 9.16. The molecular formula is C16H19N3O4S2. The van der Waals surface area contributed by atoms with Crippen LogP contribution in [0.4, 0.5) is 4.79 Å². The zero-order valence-corrected chi connectivity index (χ0v) is 16.0. The summed E-state index contributed by atoms with van der Waals surface area (Å²) in [5.74, 6) is -0.519. The van der Waals surface area contributed by atoms with Crippen molar-refractivity contribution in [3.05, 3.63) is 33.4 Å². The summed E-state index contributed by atoms with van der Waals surface area (Å²) in [6, 6.07) is 0. The number of ether oxygens (including phenoxy) is 1. The predicted molar refractivity (Wildman–Crippen MR) is 99.4 cm³/mol. The molecule has 2 aromatic rings. The number of fused-ring (bicyclic) bond motifs is 1. The van der Waals surface area contributed by atoms with Crippen LogP contribution >= 0.6 is 23.1 Å². The van der Waals surface area contributed by atoms with Crippen molar-refractivity contribution < 1.29 is 14.3 Å². The zero-order chi connectivity index (χ0) is 18.7. The topological polar surface area (TPSA) is 90.3 Å². The zero-order valence-electron chi connectivity index (χ0n) is 14.4. The molecule has 25 heavy (non-hydrogen) atoms. The van der Waals surface area contributed by atoms with Gasteiger partial charge in [0.25, 0.3) is 5.56 Å². The molecule has 0 aliphatic heterocycles. The van der Waals surface area contributed by atoms with Gasteiger partial charge in [-0.15, -0.1) is 17.9 Å². The van der Waals surface area contributed by atoms with E-state index in [9.17, 15) is 14.4 Å². The van der Waals surface area contributed by atoms with E-state index in [0.717, 1.165) is 22.2 Å². The highest BCUT2D eigenvalue weighted by Crippen LogP contribution is 2.29. The van der Waals surface area contributed by atoms with Crippen molar-refractivity contribution >= 4 is 45.3 Å². The Morgan fingerprint density at radius 2 is 2.16 bits per heavy atom. The molecule has 0 fully saturated rings. The Morgan fingerprint density at radius 3 is 2.76 bits per heavy atom. The van der Waals surface area contributed by atoms with Crippen molar-refractivity contribution in [1.82, 2.24) is 14.9 Å². The standard InChI is InChI=1S/C16H19N3O4S2/c1-6-7-19-14(21)11-8(2)9(3)24-13(11)18-15(19)25-10(4)12(20)17-16(22)23-5/h6,10H,1,7H2,2-5H3,(H,17,20,22)/t10-/m0/s1. The average molecular weight is 381 g/mol. The van der Waals surface area contributed by atoms with E-state index in [4.69, 9.17) is 0 Å². The lowest BCUT2D eigenvalue weighted by molar-refractivity contribution is -0.119. The van der Waals surface area contributed by atoms with Crippen LogP contribution in [0.25, 0.3) is 10.2 Å². The summed E-state index contributed by atoms with van der Waals surface area (Å²) >= 11 is 2.55. The number of imide groups is 1. The van der Waals surface area contributed by atoms with E-state index >= 15 is 0 Å². The number of alkyl carbamates (subject to hydrolysis) is 1. The van der Waals surface area contributed by atoms with Gasteiger partial charge in [-0.25, -0.2) is 9.78 Å². The largest absolute Gasteiger partial charge is 0.453 e. The summed E-state index contributed by atoms with van der Waals surface area (Å²) in [5.41, 5.74) is 0.762. The van der Waals surface area contributed by atoms with Crippen LogP contribution in [0.15, 0.2) is 22.6 Å². The van der Waals surface area contributed by atoms with E-state index in [0.29, 0.717) is 15.4 Å². The number of aromatic nitrogens is 2. The van der Waals surface area contributed by atoms with Crippen molar-refractivity contribution in [1.29, 1.82) is 0 Å². The van der Waals surface area contributed by atoms with Gasteiger partial charge >= 0.3 is 6.09 Å². The van der Waals surface area contributed by atoms with Gasteiger partial charge in [0.1, 0.15) is 4.83 Å². The Bertz CT molecular complexity index is 901. The molecule has 0 radical (unpaired) electrons. The molecule has 7 nitrogen and oxygen atoms in total. The van der Waals surface area contributed by atoms with Crippen molar-refractivity contribution in [2.24, 2.45) is 0 Å². The second-order valence-electron chi connectivity index (χ2n) is 5.30. The molecule has 0 aromatic carbocycles. The number of carbonyl (C=O) groups excluding carboxylic acids is 2. The molecule has 134 valence electrons. The Balaban J connectivity index is 2.44. The van der Waals surface area contributed by atoms with Gasteiger partial charge in [-0.05, 0) is 26.3 Å². The smallest absolute Gasteiger partial charge is 0.413 e. The molecule has 1 N–H and O–H groups in total. The summed E-state index contributed by atoms with van der Waals surface area (Å²) in [7, 11) is 1.18. The quantitative estimate of drug-likeness (QED) is 0.486. The molecule has 0 bridgehead atoms. The second-order valence-corrected chi connectivity index (χ2v) is 7.81. The molecule has 0 spiro atoms. The third-order valence-electron chi connectivity index (χ3n) is 3.63. The fraction of sp³-hybridized carbons (Fsp3) is 0.375. The van der Waals surface area contributed by atoms with Crippen molar-refractivity contribution in [3.63, 3.8) is 0 Å². The Labute approximate surface area is 153 Å². The number of methoxy groups -OCH3 is 1. The van der Waals surface area contributed by atoms with E-state index in [1.807, 2.05) is 13.8 Å². The van der Waals surface area contributed by atoms with Crippen LogP contribution in [-0.2, 0) is 16.1 Å². The van der Waals surface area contributed by atoms with E-state index < -0.39 is 17.3 Å². The number of carbonyl (C=O) groups is 2. The molecule has 0 saturated heterocycles. The maximum Gasteiger partial charge on any atom is 0.413 e. The number of nitrogens with one attached hydrogen (secondary N) is 1. The SMILES string of the molecule is C=CCn1c(S[C@@H](C)C(=O)NC(=O)OC)nc2sc(C)c(C)c2c1=O. The van der Waals surface area contributed by atoms with Crippen LogP contribution < -0.4 is 10.9 Å². The number of aryl methyl sites for hydroxylation is 2. The van der Waals surface area contributed by atoms with E-state index in [1.54, 1.807) is 13.0 Å². The van der Waals surface area contributed by atoms with Crippen molar-refractivity contribution in [3.8, 4) is 0 Å². The molecule has 1 atom stereocenters. The number of rotatable bonds is 5. The number of amides is 2. The number of hydrogen-bond acceptors (Lipinski definition) is 7. The number of allylic oxidation sites excluding steroid dienone is 1. The normalized spacial score (nSPS) is 12.0. The minimum Gasteiger partial charge on any atom is -0.453 e. The molecule has 0 aliphatic rings. The van der Waals surface area contributed by atoms with E-state index in [1.165, 1.54) is 23.0 Å². The van der Waals surface area contributed by atoms with Crippen LogP contribution in [0, 0.1) is 13.8 Å². The molecule has 2 heterocycles. The Morgan fingerprint density at radius 1 is 1.48 bits per heavy atom. The van der Waals surface area contributed by atoms with Crippen LogP contribution in [0.5, 0.6) is 0 Å². The minimum atomic E-state index is -0.825. The number of nitrogens with zero attached hydrogens (tertiary/aromatic N) is 2. The lowest BCUT2D eigenvalue weighted by Gasteiger charge is -2.14. The predicted octanol–water partition coefficient (Wildman–Crippen LogP) is 2.62. The highest BCUT2D eigenvalue weighted by atomic mass is 32.2. The summed E-state index contributed by atoms with van der Waals surface area (Å²) in [6.07, 6.45) is 0.779. The minimum absolute atomic E-state index is 0.158. The highest BCUT2D eigenvalue weighted by Gasteiger charge is 2.22. The van der Waals surface area contributed by atoms with Gasteiger partial charge in [-0.3, -0.25) is 19.5 Å². The summed E-state index contributed by atoms with van der Waals surface area (Å²) in [6.45, 7) is 9.43. The Hall–Kier alpha value is -2.13. The van der Waals surface area contributed by atoms with Crippen LogP contribution in [-0.4, -0.2) is 33.9 Å². The summed E-state index contributed by atoms with van der Waals surface area (Å²) in [4.78, 5) is 42.3. The molecule has 0 aliphatic carbocycles. The fourth-order valence-electron chi connectivity index (χ4n) is 2.15. The van der Waals surface area contributed by atoms with E-state index in [-0.39, 0.29) is 12.1 Å². The molecule has 0 unspecified atom stereocenters. The summed E-state index contributed by atoms with van der Waals surface area (Å²) < 4.78 is 5.90. The third kappa shape index (κ3) is 3.93. The highest BCUT2D eigenvalue weighted by molar-refractivity contribution is 8.00.